The third kappa shape index (κ3) is 2.46. The average Bonchev–Trinajstić information content (AvgIpc) is 3.16. The summed E-state index contributed by atoms with van der Waals surface area (Å²) in [5, 5.41) is 0. The molecule has 6 heteroatoms. The number of nitrogens with zero attached hydrogens (tertiary/aromatic N) is 1. The highest BCUT2D eigenvalue weighted by Gasteiger charge is 2.34. The average molecular weight is 325 g/mol. The fourth-order valence-corrected chi connectivity index (χ4v) is 2.82. The zero-order chi connectivity index (χ0) is 16.5. The maximum Gasteiger partial charge on any atom is 0.261 e. The lowest BCUT2D eigenvalue weighted by atomic mass is 10.1. The quantitative estimate of drug-likeness (QED) is 0.624. The maximum atomic E-state index is 12.2. The van der Waals surface area contributed by atoms with Crippen LogP contribution in [0.2, 0.25) is 0 Å². The summed E-state index contributed by atoms with van der Waals surface area (Å²) in [4.78, 5) is 25.7. The molecule has 0 spiro atoms. The van der Waals surface area contributed by atoms with Gasteiger partial charge in [0.25, 0.3) is 11.8 Å². The van der Waals surface area contributed by atoms with Crippen LogP contribution in [0.25, 0.3) is 0 Å². The van der Waals surface area contributed by atoms with Gasteiger partial charge in [0.05, 0.1) is 17.7 Å². The van der Waals surface area contributed by atoms with Crippen molar-refractivity contribution >= 4 is 11.8 Å². The standard InChI is InChI=1S/C18H15NO5/c20-17-13-4-1-2-5-14(13)18(21)19(17)8-3-9-22-12-6-7-15-16(10-12)24-11-23-15/h1-2,4-7,10H,3,8-9,11H2. The summed E-state index contributed by atoms with van der Waals surface area (Å²) in [7, 11) is 0. The van der Waals surface area contributed by atoms with Crippen LogP contribution in [0.15, 0.2) is 42.5 Å². The Balaban J connectivity index is 1.32. The van der Waals surface area contributed by atoms with Crippen molar-refractivity contribution in [1.82, 2.24) is 4.90 Å². The molecule has 2 aromatic rings. The molecule has 2 aromatic carbocycles. The van der Waals surface area contributed by atoms with Gasteiger partial charge in [-0.2, -0.15) is 0 Å². The summed E-state index contributed by atoms with van der Waals surface area (Å²) >= 11 is 0. The molecule has 0 aliphatic carbocycles. The van der Waals surface area contributed by atoms with Gasteiger partial charge in [0.15, 0.2) is 11.5 Å². The number of rotatable bonds is 5. The molecule has 0 aromatic heterocycles. The molecule has 0 saturated carbocycles. The highest BCUT2D eigenvalue weighted by atomic mass is 16.7. The summed E-state index contributed by atoms with van der Waals surface area (Å²) < 4.78 is 16.2. The molecule has 0 fully saturated rings. The lowest BCUT2D eigenvalue weighted by molar-refractivity contribution is 0.0647. The van der Waals surface area contributed by atoms with Gasteiger partial charge in [-0.15, -0.1) is 0 Å². The Morgan fingerprint density at radius 3 is 2.42 bits per heavy atom. The van der Waals surface area contributed by atoms with Crippen LogP contribution in [-0.2, 0) is 0 Å². The van der Waals surface area contributed by atoms with E-state index in [9.17, 15) is 9.59 Å². The van der Waals surface area contributed by atoms with Gasteiger partial charge in [-0.05, 0) is 30.7 Å². The van der Waals surface area contributed by atoms with Gasteiger partial charge in [0, 0.05) is 12.6 Å². The van der Waals surface area contributed by atoms with Gasteiger partial charge < -0.3 is 14.2 Å². The van der Waals surface area contributed by atoms with E-state index in [0.29, 0.717) is 47.9 Å². The summed E-state index contributed by atoms with van der Waals surface area (Å²) in [6.07, 6.45) is 0.555. The number of ether oxygens (including phenoxy) is 3. The first-order valence-electron chi connectivity index (χ1n) is 7.72. The number of imide groups is 1. The number of amides is 2. The van der Waals surface area contributed by atoms with E-state index in [1.54, 1.807) is 42.5 Å². The Labute approximate surface area is 138 Å². The fourth-order valence-electron chi connectivity index (χ4n) is 2.82. The SMILES string of the molecule is O=C1c2ccccc2C(=O)N1CCCOc1ccc2c(c1)OCO2. The van der Waals surface area contributed by atoms with E-state index in [2.05, 4.69) is 0 Å². The van der Waals surface area contributed by atoms with Crippen LogP contribution in [-0.4, -0.2) is 36.7 Å². The van der Waals surface area contributed by atoms with E-state index < -0.39 is 0 Å². The maximum absolute atomic E-state index is 12.2. The zero-order valence-electron chi connectivity index (χ0n) is 12.9. The lowest BCUT2D eigenvalue weighted by Gasteiger charge is -2.14. The van der Waals surface area contributed by atoms with Gasteiger partial charge in [-0.3, -0.25) is 14.5 Å². The topological polar surface area (TPSA) is 65.1 Å². The van der Waals surface area contributed by atoms with Gasteiger partial charge in [-0.25, -0.2) is 0 Å². The van der Waals surface area contributed by atoms with E-state index in [1.807, 2.05) is 0 Å². The Kier molecular flexibility index (Phi) is 3.57. The van der Waals surface area contributed by atoms with Crippen LogP contribution >= 0.6 is 0 Å². The molecular weight excluding hydrogens is 310 g/mol. The first-order valence-corrected chi connectivity index (χ1v) is 7.72. The van der Waals surface area contributed by atoms with Crippen molar-refractivity contribution in [3.05, 3.63) is 53.6 Å². The molecule has 0 atom stereocenters. The predicted octanol–water partition coefficient (Wildman–Crippen LogP) is 2.48. The highest BCUT2D eigenvalue weighted by molar-refractivity contribution is 6.21. The van der Waals surface area contributed by atoms with Crippen molar-refractivity contribution in [3.63, 3.8) is 0 Å². The Morgan fingerprint density at radius 1 is 0.958 bits per heavy atom. The summed E-state index contributed by atoms with van der Waals surface area (Å²) in [6.45, 7) is 0.947. The van der Waals surface area contributed by atoms with Crippen LogP contribution in [0, 0.1) is 0 Å². The molecule has 6 nitrogen and oxygen atoms in total. The van der Waals surface area contributed by atoms with Crippen molar-refractivity contribution < 1.29 is 23.8 Å². The number of carbonyl (C=O) groups is 2. The molecule has 0 radical (unpaired) electrons. The molecule has 2 aliphatic rings. The Hall–Kier alpha value is -3.02. The molecule has 2 aliphatic heterocycles. The second-order valence-corrected chi connectivity index (χ2v) is 5.52. The van der Waals surface area contributed by atoms with Crippen LogP contribution < -0.4 is 14.2 Å². The molecule has 122 valence electrons. The first-order chi connectivity index (χ1) is 11.7. The van der Waals surface area contributed by atoms with Crippen LogP contribution in [0.4, 0.5) is 0 Å². The van der Waals surface area contributed by atoms with E-state index in [-0.39, 0.29) is 18.6 Å². The highest BCUT2D eigenvalue weighted by Crippen LogP contribution is 2.35. The second kappa shape index (κ2) is 5.88. The van der Waals surface area contributed by atoms with E-state index in [0.717, 1.165) is 0 Å². The van der Waals surface area contributed by atoms with Gasteiger partial charge in [-0.1, -0.05) is 12.1 Å². The molecule has 2 heterocycles. The largest absolute Gasteiger partial charge is 0.493 e. The number of fused-ring (bicyclic) bond motifs is 2. The number of benzene rings is 2. The lowest BCUT2D eigenvalue weighted by Crippen LogP contribution is -2.31. The van der Waals surface area contributed by atoms with Crippen LogP contribution in [0.5, 0.6) is 17.2 Å². The fraction of sp³-hybridized carbons (Fsp3) is 0.222. The summed E-state index contributed by atoms with van der Waals surface area (Å²) in [5.74, 6) is 1.56. The van der Waals surface area contributed by atoms with Crippen molar-refractivity contribution in [3.8, 4) is 17.2 Å². The summed E-state index contributed by atoms with van der Waals surface area (Å²) in [6, 6.07) is 12.2. The third-order valence-electron chi connectivity index (χ3n) is 4.02. The molecule has 0 bridgehead atoms. The van der Waals surface area contributed by atoms with Crippen molar-refractivity contribution in [2.75, 3.05) is 19.9 Å². The molecule has 0 N–H and O–H groups in total. The van der Waals surface area contributed by atoms with Crippen LogP contribution in [0.1, 0.15) is 27.1 Å². The predicted molar refractivity (Wildman–Crippen MR) is 84.5 cm³/mol. The van der Waals surface area contributed by atoms with Crippen LogP contribution in [0.3, 0.4) is 0 Å². The molecular formula is C18H15NO5. The second-order valence-electron chi connectivity index (χ2n) is 5.52. The van der Waals surface area contributed by atoms with Crippen molar-refractivity contribution in [2.45, 2.75) is 6.42 Å². The van der Waals surface area contributed by atoms with Crippen molar-refractivity contribution in [1.29, 1.82) is 0 Å². The minimum Gasteiger partial charge on any atom is -0.493 e. The Morgan fingerprint density at radius 2 is 1.67 bits per heavy atom. The molecule has 2 amide bonds. The molecule has 0 saturated heterocycles. The molecule has 24 heavy (non-hydrogen) atoms. The normalized spacial score (nSPS) is 14.9. The van der Waals surface area contributed by atoms with Gasteiger partial charge >= 0.3 is 0 Å². The minimum absolute atomic E-state index is 0.221. The van der Waals surface area contributed by atoms with Gasteiger partial charge in [0.2, 0.25) is 6.79 Å². The van der Waals surface area contributed by atoms with Crippen molar-refractivity contribution in [2.24, 2.45) is 0 Å². The summed E-state index contributed by atoms with van der Waals surface area (Å²) in [5.41, 5.74) is 0.943. The first kappa shape index (κ1) is 14.6. The third-order valence-corrected chi connectivity index (χ3v) is 4.02. The van der Waals surface area contributed by atoms with E-state index in [1.165, 1.54) is 4.90 Å². The number of hydrogen-bond donors (Lipinski definition) is 0. The smallest absolute Gasteiger partial charge is 0.261 e. The monoisotopic (exact) mass is 325 g/mol. The Bertz CT molecular complexity index is 782. The van der Waals surface area contributed by atoms with E-state index >= 15 is 0 Å². The number of hydrogen-bond acceptors (Lipinski definition) is 5. The van der Waals surface area contributed by atoms with Gasteiger partial charge in [0.1, 0.15) is 5.75 Å². The molecule has 4 rings (SSSR count). The zero-order valence-corrected chi connectivity index (χ0v) is 12.9. The number of carbonyl (C=O) groups excluding carboxylic acids is 2. The minimum atomic E-state index is -0.237. The van der Waals surface area contributed by atoms with E-state index in [4.69, 9.17) is 14.2 Å². The molecule has 0 unspecified atom stereocenters.